The number of aromatic nitrogens is 3. The summed E-state index contributed by atoms with van der Waals surface area (Å²) in [5.41, 5.74) is 8.82. The summed E-state index contributed by atoms with van der Waals surface area (Å²) in [7, 11) is 0. The molecule has 0 saturated carbocycles. The first-order chi connectivity index (χ1) is 9.63. The largest absolute Gasteiger partial charge is 0.397 e. The van der Waals surface area contributed by atoms with E-state index in [1.54, 1.807) is 13.0 Å². The summed E-state index contributed by atoms with van der Waals surface area (Å²) in [6, 6.07) is 9.15. The second-order valence-corrected chi connectivity index (χ2v) is 4.46. The van der Waals surface area contributed by atoms with Crippen molar-refractivity contribution in [3.05, 3.63) is 47.8 Å². The van der Waals surface area contributed by atoms with E-state index in [1.165, 1.54) is 6.20 Å². The molecule has 0 spiro atoms. The summed E-state index contributed by atoms with van der Waals surface area (Å²) in [6.07, 6.45) is 1.52. The summed E-state index contributed by atoms with van der Waals surface area (Å²) in [4.78, 5) is 23.6. The number of hydrogen-bond donors (Lipinski definition) is 3. The van der Waals surface area contributed by atoms with Crippen LogP contribution in [0.4, 0.5) is 11.6 Å². The highest BCUT2D eigenvalue weighted by Gasteiger charge is 2.12. The Kier molecular flexibility index (Phi) is 2.83. The van der Waals surface area contributed by atoms with E-state index in [2.05, 4.69) is 20.3 Å². The molecule has 6 heteroatoms. The molecule has 3 aromatic rings. The lowest BCUT2D eigenvalue weighted by molar-refractivity contribution is 0.102. The molecule has 0 radical (unpaired) electrons. The van der Waals surface area contributed by atoms with Crippen LogP contribution in [0.15, 0.2) is 36.5 Å². The standard InChI is InChI=1S/C14H13N5O/c1-8-10(6-9(15)7-16-8)13(20)19-14-17-11-4-2-3-5-12(11)18-14/h2-7H,15H2,1H3,(H2,17,18,19,20). The number of para-hydroxylation sites is 2. The molecule has 0 bridgehead atoms. The number of nitrogens with two attached hydrogens (primary N) is 1. The minimum Gasteiger partial charge on any atom is -0.397 e. The Balaban J connectivity index is 1.90. The van der Waals surface area contributed by atoms with Gasteiger partial charge in [-0.25, -0.2) is 4.98 Å². The number of aryl methyl sites for hydroxylation is 1. The van der Waals surface area contributed by atoms with Crippen molar-refractivity contribution >= 4 is 28.6 Å². The number of carbonyl (C=O) groups excluding carboxylic acids is 1. The highest BCUT2D eigenvalue weighted by molar-refractivity contribution is 6.05. The van der Waals surface area contributed by atoms with Gasteiger partial charge in [-0.15, -0.1) is 0 Å². The van der Waals surface area contributed by atoms with Crippen molar-refractivity contribution in [1.82, 2.24) is 15.0 Å². The van der Waals surface area contributed by atoms with Gasteiger partial charge in [-0.1, -0.05) is 12.1 Å². The lowest BCUT2D eigenvalue weighted by Gasteiger charge is -2.05. The molecule has 3 rings (SSSR count). The van der Waals surface area contributed by atoms with Crippen LogP contribution in [0.25, 0.3) is 11.0 Å². The van der Waals surface area contributed by atoms with Crippen LogP contribution in [0.5, 0.6) is 0 Å². The second-order valence-electron chi connectivity index (χ2n) is 4.46. The molecule has 1 amide bonds. The van der Waals surface area contributed by atoms with Gasteiger partial charge in [-0.3, -0.25) is 15.1 Å². The zero-order valence-corrected chi connectivity index (χ0v) is 10.8. The number of fused-ring (bicyclic) bond motifs is 1. The molecule has 20 heavy (non-hydrogen) atoms. The number of amides is 1. The zero-order valence-electron chi connectivity index (χ0n) is 10.8. The van der Waals surface area contributed by atoms with E-state index in [-0.39, 0.29) is 5.91 Å². The van der Waals surface area contributed by atoms with E-state index in [0.717, 1.165) is 11.0 Å². The van der Waals surface area contributed by atoms with Crippen LogP contribution >= 0.6 is 0 Å². The first-order valence-corrected chi connectivity index (χ1v) is 6.12. The van der Waals surface area contributed by atoms with Gasteiger partial charge in [-0.05, 0) is 25.1 Å². The smallest absolute Gasteiger partial charge is 0.259 e. The van der Waals surface area contributed by atoms with Gasteiger partial charge in [0.05, 0.1) is 34.2 Å². The fourth-order valence-electron chi connectivity index (χ4n) is 1.97. The first kappa shape index (κ1) is 12.2. The van der Waals surface area contributed by atoms with E-state index in [9.17, 15) is 4.79 Å². The summed E-state index contributed by atoms with van der Waals surface area (Å²) in [5.74, 6) is 0.111. The molecule has 4 N–H and O–H groups in total. The number of anilines is 2. The lowest BCUT2D eigenvalue weighted by Crippen LogP contribution is -2.15. The Labute approximate surface area is 115 Å². The summed E-state index contributed by atoms with van der Waals surface area (Å²) in [6.45, 7) is 1.76. The van der Waals surface area contributed by atoms with Gasteiger partial charge in [0.1, 0.15) is 0 Å². The van der Waals surface area contributed by atoms with Gasteiger partial charge >= 0.3 is 0 Å². The van der Waals surface area contributed by atoms with Gasteiger partial charge in [0, 0.05) is 0 Å². The van der Waals surface area contributed by atoms with Crippen LogP contribution in [0.3, 0.4) is 0 Å². The number of pyridine rings is 1. The Morgan fingerprint density at radius 2 is 2.15 bits per heavy atom. The summed E-state index contributed by atoms with van der Waals surface area (Å²) >= 11 is 0. The van der Waals surface area contributed by atoms with Crippen LogP contribution in [0, 0.1) is 6.92 Å². The Bertz CT molecular complexity index is 760. The molecule has 6 nitrogen and oxygen atoms in total. The Morgan fingerprint density at radius 3 is 2.95 bits per heavy atom. The number of H-pyrrole nitrogens is 1. The number of nitrogens with one attached hydrogen (secondary N) is 2. The normalized spacial score (nSPS) is 10.7. The van der Waals surface area contributed by atoms with Crippen molar-refractivity contribution in [2.75, 3.05) is 11.1 Å². The number of rotatable bonds is 2. The van der Waals surface area contributed by atoms with Crippen LogP contribution in [0.2, 0.25) is 0 Å². The SMILES string of the molecule is Cc1ncc(N)cc1C(=O)Nc1nc2ccccc2[nH]1. The maximum absolute atomic E-state index is 12.2. The number of hydrogen-bond acceptors (Lipinski definition) is 4. The van der Waals surface area contributed by atoms with E-state index in [4.69, 9.17) is 5.73 Å². The third-order valence-electron chi connectivity index (χ3n) is 2.97. The molecule has 0 atom stereocenters. The molecule has 2 heterocycles. The molecule has 0 unspecified atom stereocenters. The summed E-state index contributed by atoms with van der Waals surface area (Å²) < 4.78 is 0. The molecule has 1 aromatic carbocycles. The third-order valence-corrected chi connectivity index (χ3v) is 2.97. The van der Waals surface area contributed by atoms with Crippen LogP contribution in [-0.4, -0.2) is 20.9 Å². The van der Waals surface area contributed by atoms with E-state index >= 15 is 0 Å². The van der Waals surface area contributed by atoms with Crippen molar-refractivity contribution in [2.24, 2.45) is 0 Å². The Morgan fingerprint density at radius 1 is 1.35 bits per heavy atom. The highest BCUT2D eigenvalue weighted by Crippen LogP contribution is 2.15. The van der Waals surface area contributed by atoms with Crippen molar-refractivity contribution < 1.29 is 4.79 Å². The van der Waals surface area contributed by atoms with Crippen LogP contribution < -0.4 is 11.1 Å². The van der Waals surface area contributed by atoms with Gasteiger partial charge in [0.2, 0.25) is 5.95 Å². The number of imidazole rings is 1. The average Bonchev–Trinajstić information content (AvgIpc) is 2.83. The molecule has 0 aliphatic heterocycles. The van der Waals surface area contributed by atoms with Crippen molar-refractivity contribution in [2.45, 2.75) is 6.92 Å². The minimum atomic E-state index is -0.290. The second kappa shape index (κ2) is 4.65. The monoisotopic (exact) mass is 267 g/mol. The average molecular weight is 267 g/mol. The molecule has 2 aromatic heterocycles. The van der Waals surface area contributed by atoms with E-state index in [0.29, 0.717) is 22.9 Å². The first-order valence-electron chi connectivity index (χ1n) is 6.12. The molecule has 0 saturated heterocycles. The zero-order chi connectivity index (χ0) is 14.1. The number of nitrogens with zero attached hydrogens (tertiary/aromatic N) is 2. The maximum Gasteiger partial charge on any atom is 0.259 e. The summed E-state index contributed by atoms with van der Waals surface area (Å²) in [5, 5.41) is 2.71. The van der Waals surface area contributed by atoms with Crippen LogP contribution in [-0.2, 0) is 0 Å². The number of nitrogen functional groups attached to an aromatic ring is 1. The van der Waals surface area contributed by atoms with E-state index < -0.39 is 0 Å². The van der Waals surface area contributed by atoms with Gasteiger partial charge < -0.3 is 10.7 Å². The van der Waals surface area contributed by atoms with Gasteiger partial charge in [0.25, 0.3) is 5.91 Å². The molecular weight excluding hydrogens is 254 g/mol. The van der Waals surface area contributed by atoms with Crippen molar-refractivity contribution in [1.29, 1.82) is 0 Å². The topological polar surface area (TPSA) is 96.7 Å². The fraction of sp³-hybridized carbons (Fsp3) is 0.0714. The number of carbonyl (C=O) groups is 1. The van der Waals surface area contributed by atoms with Crippen molar-refractivity contribution in [3.63, 3.8) is 0 Å². The predicted molar refractivity (Wildman–Crippen MR) is 77.4 cm³/mol. The quantitative estimate of drug-likeness (QED) is 0.662. The third kappa shape index (κ3) is 2.18. The molecule has 100 valence electrons. The molecule has 0 fully saturated rings. The molecule has 0 aliphatic carbocycles. The molecular formula is C14H13N5O. The van der Waals surface area contributed by atoms with Crippen molar-refractivity contribution in [3.8, 4) is 0 Å². The number of benzene rings is 1. The predicted octanol–water partition coefficient (Wildman–Crippen LogP) is 2.10. The Hall–Kier alpha value is -2.89. The lowest BCUT2D eigenvalue weighted by atomic mass is 10.2. The maximum atomic E-state index is 12.2. The van der Waals surface area contributed by atoms with Gasteiger partial charge in [-0.2, -0.15) is 0 Å². The minimum absolute atomic E-state index is 0.290. The van der Waals surface area contributed by atoms with E-state index in [1.807, 2.05) is 24.3 Å². The van der Waals surface area contributed by atoms with Crippen LogP contribution in [0.1, 0.15) is 16.1 Å². The fourth-order valence-corrected chi connectivity index (χ4v) is 1.97. The number of aromatic amines is 1. The van der Waals surface area contributed by atoms with Gasteiger partial charge in [0.15, 0.2) is 0 Å². The molecule has 0 aliphatic rings. The highest BCUT2D eigenvalue weighted by atomic mass is 16.1.